The molecule has 0 bridgehead atoms. The van der Waals surface area contributed by atoms with Crippen LogP contribution < -0.4 is 5.32 Å². The zero-order chi connectivity index (χ0) is 14.0. The van der Waals surface area contributed by atoms with E-state index in [0.29, 0.717) is 23.3 Å². The Kier molecular flexibility index (Phi) is 4.54. The molecule has 0 aliphatic heterocycles. The summed E-state index contributed by atoms with van der Waals surface area (Å²) in [5, 5.41) is 12.9. The smallest absolute Gasteiger partial charge is 0.306 e. The average Bonchev–Trinajstić information content (AvgIpc) is 2.75. The largest absolute Gasteiger partial charge is 0.481 e. The molecule has 3 nitrogen and oxygen atoms in total. The van der Waals surface area contributed by atoms with E-state index in [2.05, 4.69) is 26.1 Å². The Balaban J connectivity index is 1.81. The van der Waals surface area contributed by atoms with Gasteiger partial charge >= 0.3 is 5.97 Å². The molecule has 0 aromatic carbocycles. The first kappa shape index (κ1) is 14.8. The van der Waals surface area contributed by atoms with E-state index < -0.39 is 5.97 Å². The lowest BCUT2D eigenvalue weighted by atomic mass is 9.70. The Hall–Kier alpha value is -0.570. The van der Waals surface area contributed by atoms with Crippen LogP contribution in [0.4, 0.5) is 0 Å². The van der Waals surface area contributed by atoms with Crippen LogP contribution in [0, 0.1) is 23.2 Å². The van der Waals surface area contributed by atoms with Crippen LogP contribution in [0.25, 0.3) is 0 Å². The van der Waals surface area contributed by atoms with Crippen LogP contribution in [0.2, 0.25) is 0 Å². The van der Waals surface area contributed by atoms with Gasteiger partial charge in [0.2, 0.25) is 0 Å². The molecule has 110 valence electrons. The summed E-state index contributed by atoms with van der Waals surface area (Å²) in [6, 6.07) is 0.586. The normalized spacial score (nSPS) is 38.3. The maximum atomic E-state index is 11.2. The first-order valence-electron chi connectivity index (χ1n) is 7.85. The summed E-state index contributed by atoms with van der Waals surface area (Å²) in [4.78, 5) is 11.2. The summed E-state index contributed by atoms with van der Waals surface area (Å²) >= 11 is 0. The molecule has 0 radical (unpaired) electrons. The minimum atomic E-state index is -0.595. The Morgan fingerprint density at radius 3 is 2.68 bits per heavy atom. The predicted molar refractivity (Wildman–Crippen MR) is 77.1 cm³/mol. The lowest BCUT2D eigenvalue weighted by molar-refractivity contribution is -0.142. The Labute approximate surface area is 117 Å². The molecule has 2 saturated carbocycles. The summed E-state index contributed by atoms with van der Waals surface area (Å²) in [5.41, 5.74) is 0.481. The van der Waals surface area contributed by atoms with Crippen molar-refractivity contribution in [2.75, 3.05) is 6.54 Å². The van der Waals surface area contributed by atoms with E-state index in [1.807, 2.05) is 0 Å². The first-order valence-corrected chi connectivity index (χ1v) is 7.85. The molecule has 4 atom stereocenters. The zero-order valence-corrected chi connectivity index (χ0v) is 12.6. The van der Waals surface area contributed by atoms with Crippen LogP contribution in [-0.4, -0.2) is 23.7 Å². The maximum absolute atomic E-state index is 11.2. The summed E-state index contributed by atoms with van der Waals surface area (Å²) in [6.45, 7) is 7.95. The quantitative estimate of drug-likeness (QED) is 0.821. The molecule has 2 fully saturated rings. The van der Waals surface area contributed by atoms with Gasteiger partial charge in [-0.05, 0) is 55.9 Å². The van der Waals surface area contributed by atoms with Crippen molar-refractivity contribution in [2.24, 2.45) is 23.2 Å². The number of carbonyl (C=O) groups is 1. The van der Waals surface area contributed by atoms with Gasteiger partial charge in [-0.15, -0.1) is 0 Å². The zero-order valence-electron chi connectivity index (χ0n) is 12.6. The Bertz CT molecular complexity index is 327. The third-order valence-corrected chi connectivity index (χ3v) is 5.31. The van der Waals surface area contributed by atoms with Crippen molar-refractivity contribution in [3.63, 3.8) is 0 Å². The van der Waals surface area contributed by atoms with Gasteiger partial charge in [0.1, 0.15) is 0 Å². The number of nitrogens with one attached hydrogen (secondary N) is 1. The molecule has 0 aromatic heterocycles. The summed E-state index contributed by atoms with van der Waals surface area (Å²) < 4.78 is 0. The van der Waals surface area contributed by atoms with Crippen molar-refractivity contribution in [2.45, 2.75) is 65.3 Å². The third kappa shape index (κ3) is 3.71. The monoisotopic (exact) mass is 267 g/mol. The molecule has 0 amide bonds. The Morgan fingerprint density at radius 2 is 2.05 bits per heavy atom. The molecule has 0 spiro atoms. The molecular formula is C16H29NO2. The van der Waals surface area contributed by atoms with Gasteiger partial charge in [-0.25, -0.2) is 0 Å². The van der Waals surface area contributed by atoms with E-state index in [9.17, 15) is 9.90 Å². The molecule has 19 heavy (non-hydrogen) atoms. The van der Waals surface area contributed by atoms with Gasteiger partial charge in [-0.1, -0.05) is 27.2 Å². The van der Waals surface area contributed by atoms with E-state index in [4.69, 9.17) is 0 Å². The second-order valence-electron chi connectivity index (χ2n) is 7.53. The molecule has 0 aromatic rings. The number of hydrogen-bond donors (Lipinski definition) is 2. The van der Waals surface area contributed by atoms with Crippen molar-refractivity contribution >= 4 is 5.97 Å². The minimum Gasteiger partial charge on any atom is -0.481 e. The average molecular weight is 267 g/mol. The molecule has 2 N–H and O–H groups in total. The fourth-order valence-corrected chi connectivity index (χ4v) is 4.16. The van der Waals surface area contributed by atoms with Crippen molar-refractivity contribution in [1.29, 1.82) is 0 Å². The van der Waals surface area contributed by atoms with Crippen LogP contribution >= 0.6 is 0 Å². The van der Waals surface area contributed by atoms with E-state index >= 15 is 0 Å². The van der Waals surface area contributed by atoms with E-state index in [-0.39, 0.29) is 5.92 Å². The summed E-state index contributed by atoms with van der Waals surface area (Å²) in [5.74, 6) is 0.345. The van der Waals surface area contributed by atoms with Crippen molar-refractivity contribution in [3.05, 3.63) is 0 Å². The van der Waals surface area contributed by atoms with Crippen LogP contribution in [0.5, 0.6) is 0 Å². The van der Waals surface area contributed by atoms with Gasteiger partial charge in [-0.2, -0.15) is 0 Å². The fraction of sp³-hybridized carbons (Fsp3) is 0.938. The second-order valence-corrected chi connectivity index (χ2v) is 7.53. The molecular weight excluding hydrogens is 238 g/mol. The number of hydrogen-bond acceptors (Lipinski definition) is 2. The highest BCUT2D eigenvalue weighted by molar-refractivity contribution is 5.70. The lowest BCUT2D eigenvalue weighted by Gasteiger charge is -2.40. The SMILES string of the molecule is CC1CC(C)(C)CCC1NCC1CCCC1C(=O)O. The second kappa shape index (κ2) is 5.82. The number of carboxylic acid groups (broad SMARTS) is 1. The van der Waals surface area contributed by atoms with Gasteiger partial charge in [0, 0.05) is 6.04 Å². The molecule has 2 rings (SSSR count). The van der Waals surface area contributed by atoms with Crippen molar-refractivity contribution in [3.8, 4) is 0 Å². The Morgan fingerprint density at radius 1 is 1.32 bits per heavy atom. The maximum Gasteiger partial charge on any atom is 0.306 e. The van der Waals surface area contributed by atoms with Gasteiger partial charge in [-0.3, -0.25) is 4.79 Å². The highest BCUT2D eigenvalue weighted by Crippen LogP contribution is 2.39. The molecule has 0 saturated heterocycles. The van der Waals surface area contributed by atoms with Crippen LogP contribution in [0.1, 0.15) is 59.3 Å². The molecule has 2 aliphatic carbocycles. The lowest BCUT2D eigenvalue weighted by Crippen LogP contribution is -2.44. The topological polar surface area (TPSA) is 49.3 Å². The summed E-state index contributed by atoms with van der Waals surface area (Å²) in [7, 11) is 0. The fourth-order valence-electron chi connectivity index (χ4n) is 4.16. The van der Waals surface area contributed by atoms with Gasteiger partial charge in [0.15, 0.2) is 0 Å². The van der Waals surface area contributed by atoms with Crippen LogP contribution in [-0.2, 0) is 4.79 Å². The van der Waals surface area contributed by atoms with E-state index in [1.165, 1.54) is 19.3 Å². The van der Waals surface area contributed by atoms with Crippen molar-refractivity contribution in [1.82, 2.24) is 5.32 Å². The van der Waals surface area contributed by atoms with Crippen LogP contribution in [0.15, 0.2) is 0 Å². The highest BCUT2D eigenvalue weighted by atomic mass is 16.4. The standard InChI is InChI=1S/C16H29NO2/c1-11-9-16(2,3)8-7-14(11)17-10-12-5-4-6-13(12)15(18)19/h11-14,17H,4-10H2,1-3H3,(H,18,19). The van der Waals surface area contributed by atoms with E-state index in [1.54, 1.807) is 0 Å². The number of rotatable bonds is 4. The van der Waals surface area contributed by atoms with Gasteiger partial charge < -0.3 is 10.4 Å². The first-order chi connectivity index (χ1) is 8.89. The number of aliphatic carboxylic acids is 1. The van der Waals surface area contributed by atoms with Crippen LogP contribution in [0.3, 0.4) is 0 Å². The molecule has 4 unspecified atom stereocenters. The van der Waals surface area contributed by atoms with Gasteiger partial charge in [0.05, 0.1) is 5.92 Å². The third-order valence-electron chi connectivity index (χ3n) is 5.31. The number of carboxylic acids is 1. The molecule has 0 heterocycles. The molecule has 2 aliphatic rings. The van der Waals surface area contributed by atoms with E-state index in [0.717, 1.165) is 25.8 Å². The van der Waals surface area contributed by atoms with Crippen molar-refractivity contribution < 1.29 is 9.90 Å². The van der Waals surface area contributed by atoms with Gasteiger partial charge in [0.25, 0.3) is 0 Å². The highest BCUT2D eigenvalue weighted by Gasteiger charge is 2.35. The minimum absolute atomic E-state index is 0.108. The summed E-state index contributed by atoms with van der Waals surface area (Å²) in [6.07, 6.45) is 6.82. The molecule has 3 heteroatoms. The predicted octanol–water partition coefficient (Wildman–Crippen LogP) is 3.29.